The van der Waals surface area contributed by atoms with Gasteiger partial charge in [0.1, 0.15) is 5.75 Å². The molecule has 0 fully saturated rings. The molecule has 0 aliphatic carbocycles. The first-order valence-corrected chi connectivity index (χ1v) is 7.97. The van der Waals surface area contributed by atoms with Crippen molar-refractivity contribution in [1.29, 1.82) is 0 Å². The molecule has 0 bridgehead atoms. The summed E-state index contributed by atoms with van der Waals surface area (Å²) in [6, 6.07) is 9.39. The van der Waals surface area contributed by atoms with Gasteiger partial charge < -0.3 is 10.1 Å². The highest BCUT2D eigenvalue weighted by atomic mass is 35.5. The number of carbonyl (C=O) groups is 2. The van der Waals surface area contributed by atoms with Crippen molar-refractivity contribution in [3.63, 3.8) is 0 Å². The van der Waals surface area contributed by atoms with Crippen molar-refractivity contribution in [2.24, 2.45) is 5.10 Å². The predicted octanol–water partition coefficient (Wildman–Crippen LogP) is 3.74. The van der Waals surface area contributed by atoms with E-state index in [1.165, 1.54) is 25.5 Å². The summed E-state index contributed by atoms with van der Waals surface area (Å²) in [4.78, 5) is 23.7. The molecule has 0 saturated heterocycles. The van der Waals surface area contributed by atoms with Crippen LogP contribution in [0.2, 0.25) is 15.1 Å². The molecule has 2 N–H and O–H groups in total. The molecule has 0 aliphatic rings. The van der Waals surface area contributed by atoms with Crippen LogP contribution >= 0.6 is 34.8 Å². The number of carbonyl (C=O) groups excluding carboxylic acids is 2. The van der Waals surface area contributed by atoms with Crippen LogP contribution in [0.1, 0.15) is 5.56 Å². The summed E-state index contributed by atoms with van der Waals surface area (Å²) in [5.41, 5.74) is 2.89. The molecule has 130 valence electrons. The third-order valence-corrected chi connectivity index (χ3v) is 3.75. The first-order chi connectivity index (χ1) is 11.9. The normalized spacial score (nSPS) is 10.6. The second-order valence-corrected chi connectivity index (χ2v) is 5.94. The Morgan fingerprint density at radius 1 is 1.04 bits per heavy atom. The number of nitrogens with zero attached hydrogens (tertiary/aromatic N) is 1. The molecule has 25 heavy (non-hydrogen) atoms. The van der Waals surface area contributed by atoms with Crippen LogP contribution in [0, 0.1) is 0 Å². The molecular formula is C16H12Cl3N3O3. The van der Waals surface area contributed by atoms with E-state index in [0.29, 0.717) is 26.4 Å². The highest BCUT2D eigenvalue weighted by molar-refractivity contribution is 6.40. The van der Waals surface area contributed by atoms with Crippen LogP contribution in [0.5, 0.6) is 5.75 Å². The minimum atomic E-state index is -0.969. The zero-order valence-electron chi connectivity index (χ0n) is 12.8. The third-order valence-electron chi connectivity index (χ3n) is 2.95. The fourth-order valence-corrected chi connectivity index (χ4v) is 2.40. The number of hydrogen-bond donors (Lipinski definition) is 2. The average molecular weight is 401 g/mol. The van der Waals surface area contributed by atoms with E-state index in [1.54, 1.807) is 24.3 Å². The zero-order valence-corrected chi connectivity index (χ0v) is 15.1. The van der Waals surface area contributed by atoms with E-state index in [1.807, 2.05) is 0 Å². The Balaban J connectivity index is 2.00. The number of methoxy groups -OCH3 is 1. The largest absolute Gasteiger partial charge is 0.495 e. The smallest absolute Gasteiger partial charge is 0.329 e. The fraction of sp³-hybridized carbons (Fsp3) is 0.0625. The van der Waals surface area contributed by atoms with Crippen molar-refractivity contribution >= 4 is 58.5 Å². The lowest BCUT2D eigenvalue weighted by atomic mass is 10.2. The lowest BCUT2D eigenvalue weighted by Crippen LogP contribution is -2.32. The van der Waals surface area contributed by atoms with Crippen molar-refractivity contribution in [3.05, 3.63) is 57.0 Å². The van der Waals surface area contributed by atoms with Crippen LogP contribution in [0.25, 0.3) is 0 Å². The maximum Gasteiger partial charge on any atom is 0.329 e. The number of hydrogen-bond acceptors (Lipinski definition) is 4. The molecule has 0 heterocycles. The second kappa shape index (κ2) is 8.71. The van der Waals surface area contributed by atoms with Crippen LogP contribution in [-0.4, -0.2) is 25.1 Å². The summed E-state index contributed by atoms with van der Waals surface area (Å²) in [6.45, 7) is 0. The molecule has 2 aromatic rings. The van der Waals surface area contributed by atoms with Crippen LogP contribution in [0.4, 0.5) is 5.69 Å². The molecule has 0 aromatic heterocycles. The highest BCUT2D eigenvalue weighted by Crippen LogP contribution is 2.27. The van der Waals surface area contributed by atoms with E-state index in [4.69, 9.17) is 39.5 Å². The van der Waals surface area contributed by atoms with Gasteiger partial charge in [-0.3, -0.25) is 9.59 Å². The molecule has 2 aromatic carbocycles. The van der Waals surface area contributed by atoms with Gasteiger partial charge in [-0.15, -0.1) is 0 Å². The molecule has 0 spiro atoms. The zero-order chi connectivity index (χ0) is 18.4. The second-order valence-electron chi connectivity index (χ2n) is 4.66. The van der Waals surface area contributed by atoms with E-state index in [2.05, 4.69) is 15.8 Å². The number of rotatable bonds is 4. The molecule has 0 unspecified atom stereocenters. The molecule has 2 rings (SSSR count). The molecule has 6 nitrogen and oxygen atoms in total. The summed E-state index contributed by atoms with van der Waals surface area (Å²) in [5, 5.41) is 7.29. The van der Waals surface area contributed by atoms with Gasteiger partial charge in [0, 0.05) is 15.6 Å². The van der Waals surface area contributed by atoms with Gasteiger partial charge in [-0.25, -0.2) is 5.43 Å². The Hall–Kier alpha value is -2.28. The Labute approximate surface area is 158 Å². The lowest BCUT2D eigenvalue weighted by Gasteiger charge is -2.09. The van der Waals surface area contributed by atoms with Crippen molar-refractivity contribution in [2.75, 3.05) is 12.4 Å². The quantitative estimate of drug-likeness (QED) is 0.466. The lowest BCUT2D eigenvalue weighted by molar-refractivity contribution is -0.136. The van der Waals surface area contributed by atoms with E-state index in [-0.39, 0.29) is 5.69 Å². The van der Waals surface area contributed by atoms with E-state index >= 15 is 0 Å². The van der Waals surface area contributed by atoms with Crippen LogP contribution in [-0.2, 0) is 9.59 Å². The number of nitrogens with one attached hydrogen (secondary N) is 2. The van der Waals surface area contributed by atoms with E-state index in [9.17, 15) is 9.59 Å². The summed E-state index contributed by atoms with van der Waals surface area (Å²) >= 11 is 17.6. The number of ether oxygens (including phenoxy) is 1. The Morgan fingerprint density at radius 2 is 1.72 bits per heavy atom. The molecule has 0 saturated carbocycles. The number of hydrazone groups is 1. The van der Waals surface area contributed by atoms with Crippen LogP contribution in [0.3, 0.4) is 0 Å². The molecule has 0 aliphatic heterocycles. The summed E-state index contributed by atoms with van der Waals surface area (Å²) in [6.07, 6.45) is 1.30. The van der Waals surface area contributed by atoms with Gasteiger partial charge in [-0.2, -0.15) is 5.10 Å². The van der Waals surface area contributed by atoms with E-state index < -0.39 is 11.8 Å². The Morgan fingerprint density at radius 3 is 2.40 bits per heavy atom. The summed E-state index contributed by atoms with van der Waals surface area (Å²) in [5.74, 6) is -1.54. The highest BCUT2D eigenvalue weighted by Gasteiger charge is 2.15. The monoisotopic (exact) mass is 399 g/mol. The maximum atomic E-state index is 11.9. The van der Waals surface area contributed by atoms with Crippen molar-refractivity contribution in [3.8, 4) is 5.75 Å². The number of benzene rings is 2. The fourth-order valence-electron chi connectivity index (χ4n) is 1.77. The van der Waals surface area contributed by atoms with Crippen LogP contribution < -0.4 is 15.5 Å². The summed E-state index contributed by atoms with van der Waals surface area (Å²) in [7, 11) is 1.43. The van der Waals surface area contributed by atoms with E-state index in [0.717, 1.165) is 0 Å². The van der Waals surface area contributed by atoms with Gasteiger partial charge in [0.2, 0.25) is 0 Å². The minimum Gasteiger partial charge on any atom is -0.495 e. The third kappa shape index (κ3) is 5.35. The summed E-state index contributed by atoms with van der Waals surface area (Å²) < 4.78 is 5.08. The molecule has 9 heteroatoms. The standard InChI is InChI=1S/C16H12Cl3N3O3/c1-25-14-5-4-11(18)7-13(14)21-15(23)16(24)22-20-8-9-2-3-10(17)6-12(9)19/h2-8H,1H3,(H,21,23)(H,22,24). The van der Waals surface area contributed by atoms with Crippen LogP contribution in [0.15, 0.2) is 41.5 Å². The van der Waals surface area contributed by atoms with Gasteiger partial charge in [-0.05, 0) is 30.3 Å². The number of amides is 2. The topological polar surface area (TPSA) is 79.8 Å². The first-order valence-electron chi connectivity index (χ1n) is 6.83. The first kappa shape index (κ1) is 19.1. The van der Waals surface area contributed by atoms with Gasteiger partial charge in [0.15, 0.2) is 0 Å². The van der Waals surface area contributed by atoms with Crippen molar-refractivity contribution < 1.29 is 14.3 Å². The molecular weight excluding hydrogens is 389 g/mol. The Kier molecular flexibility index (Phi) is 6.64. The predicted molar refractivity (Wildman–Crippen MR) is 98.8 cm³/mol. The molecule has 0 radical (unpaired) electrons. The number of halogens is 3. The average Bonchev–Trinajstić information content (AvgIpc) is 2.57. The van der Waals surface area contributed by atoms with Gasteiger partial charge in [0.05, 0.1) is 24.0 Å². The van der Waals surface area contributed by atoms with Crippen molar-refractivity contribution in [2.45, 2.75) is 0 Å². The maximum absolute atomic E-state index is 11.9. The number of anilines is 1. The van der Waals surface area contributed by atoms with Crippen molar-refractivity contribution in [1.82, 2.24) is 5.43 Å². The SMILES string of the molecule is COc1ccc(Cl)cc1NC(=O)C(=O)NN=Cc1ccc(Cl)cc1Cl. The molecule has 2 amide bonds. The van der Waals surface area contributed by atoms with Gasteiger partial charge in [-0.1, -0.05) is 40.9 Å². The van der Waals surface area contributed by atoms with Gasteiger partial charge >= 0.3 is 11.8 Å². The minimum absolute atomic E-state index is 0.264. The van der Waals surface area contributed by atoms with Gasteiger partial charge in [0.25, 0.3) is 0 Å². The molecule has 0 atom stereocenters. The Bertz CT molecular complexity index is 841.